The van der Waals surface area contributed by atoms with Gasteiger partial charge in [-0.3, -0.25) is 4.79 Å². The molecule has 0 bridgehead atoms. The molecule has 2 N–H and O–H groups in total. The Hall–Kier alpha value is -4.69. The van der Waals surface area contributed by atoms with Crippen LogP contribution in [0.5, 0.6) is 0 Å². The van der Waals surface area contributed by atoms with Crippen molar-refractivity contribution in [1.82, 2.24) is 9.55 Å². The van der Waals surface area contributed by atoms with E-state index in [9.17, 15) is 33.1 Å². The van der Waals surface area contributed by atoms with Crippen molar-refractivity contribution in [3.63, 3.8) is 0 Å². The lowest BCUT2D eigenvalue weighted by atomic mass is 9.83. The molecule has 1 saturated carbocycles. The lowest BCUT2D eigenvalue weighted by Gasteiger charge is -2.33. The standard InChI is InChI=1S/C31H27F3N4O4/c1-42-28(18-7-10-21(32)11-8-18)29-36-25-14-22(33)23(34)15-26(25)38(29)27(17-5-3-2-4-6-17)30(39)37-24-12-9-19(31(40)41)13-20(24)16-35/h7-15,17,27-28H,2-6H2,1H3,(H,37,39)(H,40,41). The van der Waals surface area contributed by atoms with Gasteiger partial charge in [0, 0.05) is 19.2 Å². The van der Waals surface area contributed by atoms with Gasteiger partial charge in [-0.15, -0.1) is 0 Å². The van der Waals surface area contributed by atoms with E-state index in [2.05, 4.69) is 10.3 Å². The van der Waals surface area contributed by atoms with Crippen LogP contribution in [-0.2, 0) is 9.53 Å². The summed E-state index contributed by atoms with van der Waals surface area (Å²) in [5.74, 6) is -4.50. The number of nitriles is 1. The molecule has 4 aromatic rings. The Morgan fingerprint density at radius 2 is 1.74 bits per heavy atom. The van der Waals surface area contributed by atoms with E-state index in [1.165, 1.54) is 49.6 Å². The monoisotopic (exact) mass is 576 g/mol. The number of nitrogens with one attached hydrogen (secondary N) is 1. The zero-order chi connectivity index (χ0) is 30.0. The van der Waals surface area contributed by atoms with Crippen LogP contribution in [0.4, 0.5) is 18.9 Å². The van der Waals surface area contributed by atoms with Crippen molar-refractivity contribution >= 4 is 28.6 Å². The van der Waals surface area contributed by atoms with Gasteiger partial charge in [-0.2, -0.15) is 5.26 Å². The molecular weight excluding hydrogens is 549 g/mol. The van der Waals surface area contributed by atoms with E-state index in [0.29, 0.717) is 18.4 Å². The van der Waals surface area contributed by atoms with Crippen LogP contribution >= 0.6 is 0 Å². The average Bonchev–Trinajstić information content (AvgIpc) is 3.32. The second-order valence-corrected chi connectivity index (χ2v) is 10.3. The molecule has 8 nitrogen and oxygen atoms in total. The molecule has 1 aliphatic rings. The quantitative estimate of drug-likeness (QED) is 0.247. The van der Waals surface area contributed by atoms with Crippen molar-refractivity contribution in [2.75, 3.05) is 12.4 Å². The number of amides is 1. The number of aromatic nitrogens is 2. The summed E-state index contributed by atoms with van der Waals surface area (Å²) in [6.45, 7) is 0. The summed E-state index contributed by atoms with van der Waals surface area (Å²) in [6.07, 6.45) is 3.08. The van der Waals surface area contributed by atoms with Gasteiger partial charge in [0.05, 0.1) is 27.8 Å². The molecule has 1 amide bonds. The highest BCUT2D eigenvalue weighted by molar-refractivity contribution is 5.97. The zero-order valence-electron chi connectivity index (χ0n) is 22.6. The van der Waals surface area contributed by atoms with E-state index >= 15 is 0 Å². The molecule has 3 aromatic carbocycles. The van der Waals surface area contributed by atoms with E-state index in [1.807, 2.05) is 6.07 Å². The summed E-state index contributed by atoms with van der Waals surface area (Å²) in [7, 11) is 1.41. The van der Waals surface area contributed by atoms with Crippen LogP contribution in [0, 0.1) is 34.7 Å². The number of ether oxygens (including phenoxy) is 1. The highest BCUT2D eigenvalue weighted by Crippen LogP contribution is 2.40. The predicted octanol–water partition coefficient (Wildman–Crippen LogP) is 6.52. The van der Waals surface area contributed by atoms with Gasteiger partial charge in [0.15, 0.2) is 11.6 Å². The number of imidazole rings is 1. The second kappa shape index (κ2) is 12.0. The summed E-state index contributed by atoms with van der Waals surface area (Å²) >= 11 is 0. The Balaban J connectivity index is 1.69. The molecule has 1 fully saturated rings. The van der Waals surface area contributed by atoms with Gasteiger partial charge in [0.2, 0.25) is 5.91 Å². The Labute approximate surface area is 239 Å². The smallest absolute Gasteiger partial charge is 0.335 e. The molecule has 0 saturated heterocycles. The molecule has 11 heteroatoms. The van der Waals surface area contributed by atoms with Crippen LogP contribution in [0.15, 0.2) is 54.6 Å². The largest absolute Gasteiger partial charge is 0.478 e. The summed E-state index contributed by atoms with van der Waals surface area (Å²) in [5.41, 5.74) is 0.728. The molecule has 0 aliphatic heterocycles. The third-order valence-electron chi connectivity index (χ3n) is 7.69. The molecule has 0 spiro atoms. The van der Waals surface area contributed by atoms with Crippen molar-refractivity contribution in [2.24, 2.45) is 5.92 Å². The summed E-state index contributed by atoms with van der Waals surface area (Å²) in [6, 6.07) is 12.2. The average molecular weight is 577 g/mol. The fourth-order valence-electron chi connectivity index (χ4n) is 5.69. The third-order valence-corrected chi connectivity index (χ3v) is 7.69. The van der Waals surface area contributed by atoms with Crippen LogP contribution in [0.3, 0.4) is 0 Å². The maximum Gasteiger partial charge on any atom is 0.335 e. The third kappa shape index (κ3) is 5.58. The number of carboxylic acid groups (broad SMARTS) is 1. The fourth-order valence-corrected chi connectivity index (χ4v) is 5.69. The number of carboxylic acids is 1. The summed E-state index contributed by atoms with van der Waals surface area (Å²) < 4.78 is 50.1. The van der Waals surface area contributed by atoms with E-state index in [0.717, 1.165) is 31.4 Å². The Morgan fingerprint density at radius 3 is 2.38 bits per heavy atom. The molecule has 2 unspecified atom stereocenters. The molecular formula is C31H27F3N4O4. The maximum atomic E-state index is 14.7. The van der Waals surface area contributed by atoms with E-state index in [4.69, 9.17) is 4.74 Å². The minimum atomic E-state index is -1.22. The molecule has 2 atom stereocenters. The minimum absolute atomic E-state index is 0.0458. The lowest BCUT2D eigenvalue weighted by molar-refractivity contribution is -0.121. The van der Waals surface area contributed by atoms with Crippen molar-refractivity contribution in [3.05, 3.63) is 94.6 Å². The van der Waals surface area contributed by atoms with Gasteiger partial charge in [-0.05, 0) is 54.7 Å². The van der Waals surface area contributed by atoms with Crippen molar-refractivity contribution in [2.45, 2.75) is 44.2 Å². The number of benzene rings is 3. The van der Waals surface area contributed by atoms with E-state index in [-0.39, 0.29) is 39.6 Å². The number of anilines is 1. The van der Waals surface area contributed by atoms with Gasteiger partial charge >= 0.3 is 5.97 Å². The summed E-state index contributed by atoms with van der Waals surface area (Å²) in [5, 5.41) is 21.8. The first-order chi connectivity index (χ1) is 20.2. The van der Waals surface area contributed by atoms with Crippen molar-refractivity contribution < 1.29 is 32.6 Å². The number of hydrogen-bond acceptors (Lipinski definition) is 5. The Morgan fingerprint density at radius 1 is 1.05 bits per heavy atom. The van der Waals surface area contributed by atoms with Crippen LogP contribution in [0.2, 0.25) is 0 Å². The predicted molar refractivity (Wildman–Crippen MR) is 147 cm³/mol. The van der Waals surface area contributed by atoms with Gasteiger partial charge in [0.25, 0.3) is 0 Å². The van der Waals surface area contributed by atoms with Crippen molar-refractivity contribution in [1.29, 1.82) is 5.26 Å². The molecule has 1 aromatic heterocycles. The number of carbonyl (C=O) groups is 2. The first kappa shape index (κ1) is 28.8. The maximum absolute atomic E-state index is 14.7. The zero-order valence-corrected chi connectivity index (χ0v) is 22.6. The number of carbonyl (C=O) groups excluding carboxylic acids is 1. The fraction of sp³-hybridized carbons (Fsp3) is 0.290. The van der Waals surface area contributed by atoms with Crippen LogP contribution < -0.4 is 5.32 Å². The summed E-state index contributed by atoms with van der Waals surface area (Å²) in [4.78, 5) is 30.2. The molecule has 1 aliphatic carbocycles. The topological polar surface area (TPSA) is 117 Å². The molecule has 0 radical (unpaired) electrons. The number of halogens is 3. The number of aromatic carboxylic acids is 1. The van der Waals surface area contributed by atoms with Gasteiger partial charge < -0.3 is 19.7 Å². The Kier molecular flexibility index (Phi) is 8.27. The SMILES string of the molecule is COC(c1ccc(F)cc1)c1nc2cc(F)c(F)cc2n1C(C(=O)Nc1ccc(C(=O)O)cc1C#N)C1CCCCC1. The first-order valence-electron chi connectivity index (χ1n) is 13.4. The van der Waals surface area contributed by atoms with Gasteiger partial charge in [-0.25, -0.2) is 22.9 Å². The van der Waals surface area contributed by atoms with Crippen LogP contribution in [-0.4, -0.2) is 33.6 Å². The number of fused-ring (bicyclic) bond motifs is 1. The van der Waals surface area contributed by atoms with Gasteiger partial charge in [0.1, 0.15) is 29.9 Å². The Bertz CT molecular complexity index is 1690. The number of rotatable bonds is 8. The van der Waals surface area contributed by atoms with Crippen LogP contribution in [0.25, 0.3) is 11.0 Å². The van der Waals surface area contributed by atoms with Crippen LogP contribution in [0.1, 0.15) is 71.6 Å². The lowest BCUT2D eigenvalue weighted by Crippen LogP contribution is -2.35. The van der Waals surface area contributed by atoms with Gasteiger partial charge in [-0.1, -0.05) is 31.4 Å². The number of hydrogen-bond donors (Lipinski definition) is 2. The number of methoxy groups -OCH3 is 1. The van der Waals surface area contributed by atoms with E-state index < -0.39 is 41.5 Å². The normalized spacial score (nSPS) is 15.2. The molecule has 5 rings (SSSR count). The molecule has 216 valence electrons. The first-order valence-corrected chi connectivity index (χ1v) is 13.4. The molecule has 42 heavy (non-hydrogen) atoms. The number of nitrogens with zero attached hydrogens (tertiary/aromatic N) is 3. The second-order valence-electron chi connectivity index (χ2n) is 10.3. The highest BCUT2D eigenvalue weighted by atomic mass is 19.2. The van der Waals surface area contributed by atoms with Crippen molar-refractivity contribution in [3.8, 4) is 6.07 Å². The highest BCUT2D eigenvalue weighted by Gasteiger charge is 2.37. The van der Waals surface area contributed by atoms with E-state index in [1.54, 1.807) is 4.57 Å². The minimum Gasteiger partial charge on any atom is -0.478 e. The molecule has 1 heterocycles.